The van der Waals surface area contributed by atoms with E-state index in [2.05, 4.69) is 21.9 Å². The van der Waals surface area contributed by atoms with E-state index < -0.39 is 0 Å². The van der Waals surface area contributed by atoms with Crippen molar-refractivity contribution in [3.63, 3.8) is 0 Å². The molecule has 1 fully saturated rings. The van der Waals surface area contributed by atoms with Crippen molar-refractivity contribution in [2.24, 2.45) is 0 Å². The molecule has 0 aliphatic carbocycles. The van der Waals surface area contributed by atoms with Crippen molar-refractivity contribution >= 4 is 12.0 Å². The molecule has 1 aromatic carbocycles. The predicted octanol–water partition coefficient (Wildman–Crippen LogP) is 0.585. The van der Waals surface area contributed by atoms with Crippen molar-refractivity contribution in [2.75, 3.05) is 38.5 Å². The van der Waals surface area contributed by atoms with Crippen LogP contribution in [0.1, 0.15) is 5.56 Å². The second-order valence-corrected chi connectivity index (χ2v) is 4.49. The first-order valence-electron chi connectivity index (χ1n) is 6.00. The SMILES string of the molecule is Nc1ccc(CN2CCN(CC=O)CC2)cc1. The minimum absolute atomic E-state index is 0.565. The molecule has 92 valence electrons. The van der Waals surface area contributed by atoms with Crippen LogP contribution < -0.4 is 5.73 Å². The number of piperazine rings is 1. The molecule has 1 aromatic rings. The molecular formula is C13H19N3O. The standard InChI is InChI=1S/C13H19N3O/c14-13-3-1-12(2-4-13)11-16-7-5-15(6-8-16)9-10-17/h1-4,10H,5-9,11,14H2. The lowest BCUT2D eigenvalue weighted by atomic mass is 10.2. The Morgan fingerprint density at radius 3 is 2.24 bits per heavy atom. The van der Waals surface area contributed by atoms with Gasteiger partial charge in [-0.1, -0.05) is 12.1 Å². The molecular weight excluding hydrogens is 214 g/mol. The lowest BCUT2D eigenvalue weighted by molar-refractivity contribution is -0.109. The maximum atomic E-state index is 10.4. The molecule has 0 aromatic heterocycles. The second kappa shape index (κ2) is 5.80. The van der Waals surface area contributed by atoms with Crippen molar-refractivity contribution in [1.29, 1.82) is 0 Å². The van der Waals surface area contributed by atoms with Crippen LogP contribution in [0, 0.1) is 0 Å². The molecule has 1 heterocycles. The van der Waals surface area contributed by atoms with Gasteiger partial charge in [-0.25, -0.2) is 0 Å². The van der Waals surface area contributed by atoms with Gasteiger partial charge >= 0.3 is 0 Å². The van der Waals surface area contributed by atoms with Gasteiger partial charge in [0.1, 0.15) is 6.29 Å². The molecule has 0 radical (unpaired) electrons. The molecule has 1 aliphatic rings. The van der Waals surface area contributed by atoms with E-state index in [-0.39, 0.29) is 0 Å². The number of aldehydes is 1. The number of nitrogens with zero attached hydrogens (tertiary/aromatic N) is 2. The Kier molecular flexibility index (Phi) is 4.12. The Morgan fingerprint density at radius 2 is 1.65 bits per heavy atom. The number of anilines is 1. The molecule has 17 heavy (non-hydrogen) atoms. The van der Waals surface area contributed by atoms with Crippen LogP contribution in [-0.4, -0.2) is 48.8 Å². The topological polar surface area (TPSA) is 49.6 Å². The summed E-state index contributed by atoms with van der Waals surface area (Å²) in [7, 11) is 0. The van der Waals surface area contributed by atoms with Gasteiger partial charge in [0.15, 0.2) is 0 Å². The summed E-state index contributed by atoms with van der Waals surface area (Å²) in [5, 5.41) is 0. The maximum absolute atomic E-state index is 10.4. The fourth-order valence-electron chi connectivity index (χ4n) is 2.12. The van der Waals surface area contributed by atoms with E-state index in [0.717, 1.165) is 44.7 Å². The van der Waals surface area contributed by atoms with Crippen LogP contribution in [0.25, 0.3) is 0 Å². The van der Waals surface area contributed by atoms with Gasteiger partial charge in [0.05, 0.1) is 6.54 Å². The number of carbonyl (C=O) groups is 1. The molecule has 2 rings (SSSR count). The average Bonchev–Trinajstić information content (AvgIpc) is 2.35. The van der Waals surface area contributed by atoms with Crippen LogP contribution >= 0.6 is 0 Å². The summed E-state index contributed by atoms with van der Waals surface area (Å²) in [6.07, 6.45) is 0.982. The molecule has 2 N–H and O–H groups in total. The van der Waals surface area contributed by atoms with E-state index in [4.69, 9.17) is 5.73 Å². The van der Waals surface area contributed by atoms with Crippen LogP contribution in [0.2, 0.25) is 0 Å². The van der Waals surface area contributed by atoms with Gasteiger partial charge < -0.3 is 10.5 Å². The Morgan fingerprint density at radius 1 is 1.06 bits per heavy atom. The third kappa shape index (κ3) is 3.54. The van der Waals surface area contributed by atoms with Crippen molar-refractivity contribution in [3.05, 3.63) is 29.8 Å². The number of benzene rings is 1. The molecule has 1 saturated heterocycles. The number of hydrogen-bond donors (Lipinski definition) is 1. The highest BCUT2D eigenvalue weighted by Gasteiger charge is 2.15. The monoisotopic (exact) mass is 233 g/mol. The van der Waals surface area contributed by atoms with Crippen LogP contribution in [0.4, 0.5) is 5.69 Å². The first kappa shape index (κ1) is 12.1. The predicted molar refractivity (Wildman–Crippen MR) is 68.6 cm³/mol. The van der Waals surface area contributed by atoms with Crippen LogP contribution in [0.5, 0.6) is 0 Å². The third-order valence-electron chi connectivity index (χ3n) is 3.18. The zero-order valence-electron chi connectivity index (χ0n) is 10.0. The number of nitrogen functional groups attached to an aromatic ring is 1. The number of hydrogen-bond acceptors (Lipinski definition) is 4. The van der Waals surface area contributed by atoms with Crippen LogP contribution in [-0.2, 0) is 11.3 Å². The summed E-state index contributed by atoms with van der Waals surface area (Å²) in [6, 6.07) is 8.04. The minimum atomic E-state index is 0.565. The lowest BCUT2D eigenvalue weighted by Crippen LogP contribution is -2.46. The van der Waals surface area contributed by atoms with Crippen molar-refractivity contribution in [1.82, 2.24) is 9.80 Å². The van der Waals surface area contributed by atoms with E-state index in [1.54, 1.807) is 0 Å². The highest BCUT2D eigenvalue weighted by Crippen LogP contribution is 2.10. The summed E-state index contributed by atoms with van der Waals surface area (Å²) >= 11 is 0. The van der Waals surface area contributed by atoms with Crippen molar-refractivity contribution in [3.8, 4) is 0 Å². The summed E-state index contributed by atoms with van der Waals surface area (Å²) in [5.74, 6) is 0. The van der Waals surface area contributed by atoms with Crippen LogP contribution in [0.15, 0.2) is 24.3 Å². The van der Waals surface area contributed by atoms with Crippen molar-refractivity contribution < 1.29 is 4.79 Å². The minimum Gasteiger partial charge on any atom is -0.399 e. The quantitative estimate of drug-likeness (QED) is 0.610. The lowest BCUT2D eigenvalue weighted by Gasteiger charge is -2.33. The summed E-state index contributed by atoms with van der Waals surface area (Å²) < 4.78 is 0. The zero-order chi connectivity index (χ0) is 12.1. The van der Waals surface area contributed by atoms with E-state index >= 15 is 0 Å². The Balaban J connectivity index is 1.81. The van der Waals surface area contributed by atoms with Gasteiger partial charge in [0.2, 0.25) is 0 Å². The summed E-state index contributed by atoms with van der Waals surface area (Å²) in [5.41, 5.74) is 7.76. The molecule has 0 unspecified atom stereocenters. The highest BCUT2D eigenvalue weighted by molar-refractivity contribution is 5.51. The van der Waals surface area contributed by atoms with E-state index in [9.17, 15) is 4.79 Å². The molecule has 0 amide bonds. The fraction of sp³-hybridized carbons (Fsp3) is 0.462. The number of nitrogens with two attached hydrogens (primary N) is 1. The summed E-state index contributed by atoms with van der Waals surface area (Å²) in [6.45, 7) is 5.54. The average molecular weight is 233 g/mol. The van der Waals surface area contributed by atoms with E-state index in [0.29, 0.717) is 6.54 Å². The fourth-order valence-corrected chi connectivity index (χ4v) is 2.12. The Bertz CT molecular complexity index is 355. The van der Waals surface area contributed by atoms with E-state index in [1.807, 2.05) is 12.1 Å². The van der Waals surface area contributed by atoms with Crippen molar-refractivity contribution in [2.45, 2.75) is 6.54 Å². The molecule has 0 atom stereocenters. The second-order valence-electron chi connectivity index (χ2n) is 4.49. The smallest absolute Gasteiger partial charge is 0.133 e. The van der Waals surface area contributed by atoms with Gasteiger partial charge in [0, 0.05) is 38.4 Å². The van der Waals surface area contributed by atoms with Crippen LogP contribution in [0.3, 0.4) is 0 Å². The number of rotatable bonds is 4. The molecule has 4 heteroatoms. The normalized spacial score (nSPS) is 18.1. The highest BCUT2D eigenvalue weighted by atomic mass is 16.1. The Labute approximate surface area is 102 Å². The first-order valence-corrected chi connectivity index (χ1v) is 6.00. The number of carbonyl (C=O) groups excluding carboxylic acids is 1. The maximum Gasteiger partial charge on any atom is 0.133 e. The molecule has 0 saturated carbocycles. The zero-order valence-corrected chi connectivity index (χ0v) is 10.0. The van der Waals surface area contributed by atoms with E-state index in [1.165, 1.54) is 5.56 Å². The first-order chi connectivity index (χ1) is 8.28. The molecule has 0 bridgehead atoms. The van der Waals surface area contributed by atoms with Gasteiger partial charge in [-0.2, -0.15) is 0 Å². The van der Waals surface area contributed by atoms with Gasteiger partial charge in [-0.3, -0.25) is 9.80 Å². The Hall–Kier alpha value is -1.39. The molecule has 0 spiro atoms. The molecule has 1 aliphatic heterocycles. The summed E-state index contributed by atoms with van der Waals surface area (Å²) in [4.78, 5) is 15.0. The largest absolute Gasteiger partial charge is 0.399 e. The van der Waals surface area contributed by atoms with Gasteiger partial charge in [0.25, 0.3) is 0 Å². The third-order valence-corrected chi connectivity index (χ3v) is 3.18. The molecule has 4 nitrogen and oxygen atoms in total. The van der Waals surface area contributed by atoms with Gasteiger partial charge in [-0.05, 0) is 17.7 Å². The van der Waals surface area contributed by atoms with Gasteiger partial charge in [-0.15, -0.1) is 0 Å².